The van der Waals surface area contributed by atoms with Gasteiger partial charge < -0.3 is 20.1 Å². The van der Waals surface area contributed by atoms with Crippen LogP contribution in [0.5, 0.6) is 5.75 Å². The van der Waals surface area contributed by atoms with Crippen molar-refractivity contribution in [2.75, 3.05) is 26.8 Å². The van der Waals surface area contributed by atoms with Gasteiger partial charge >= 0.3 is 0 Å². The molecule has 1 aliphatic rings. The van der Waals surface area contributed by atoms with Gasteiger partial charge in [0.05, 0.1) is 19.8 Å². The maximum absolute atomic E-state index is 6.11. The molecule has 0 aliphatic carbocycles. The van der Waals surface area contributed by atoms with Gasteiger partial charge in [0.2, 0.25) is 0 Å². The summed E-state index contributed by atoms with van der Waals surface area (Å²) in [6, 6.07) is 18.6. The Morgan fingerprint density at radius 2 is 2.00 bits per heavy atom. The minimum Gasteiger partial charge on any atom is -0.497 e. The first kappa shape index (κ1) is 20.2. The van der Waals surface area contributed by atoms with E-state index in [-0.39, 0.29) is 6.10 Å². The topological polar surface area (TPSA) is 54.9 Å². The molecule has 0 aromatic heterocycles. The largest absolute Gasteiger partial charge is 0.497 e. The Morgan fingerprint density at radius 1 is 1.14 bits per heavy atom. The number of rotatable bonds is 7. The fourth-order valence-corrected chi connectivity index (χ4v) is 3.57. The Morgan fingerprint density at radius 3 is 2.79 bits per heavy atom. The van der Waals surface area contributed by atoms with Crippen LogP contribution >= 0.6 is 0 Å². The molecule has 5 heteroatoms. The van der Waals surface area contributed by atoms with E-state index in [9.17, 15) is 0 Å². The lowest BCUT2D eigenvalue weighted by atomic mass is 9.89. The van der Waals surface area contributed by atoms with Crippen LogP contribution in [0, 0.1) is 5.92 Å². The Kier molecular flexibility index (Phi) is 7.73. The van der Waals surface area contributed by atoms with Gasteiger partial charge in [-0.3, -0.25) is 0 Å². The summed E-state index contributed by atoms with van der Waals surface area (Å²) in [7, 11) is 1.68. The van der Waals surface area contributed by atoms with Crippen LogP contribution in [-0.4, -0.2) is 32.8 Å². The second-order valence-electron chi connectivity index (χ2n) is 7.03. The highest BCUT2D eigenvalue weighted by Crippen LogP contribution is 2.33. The molecule has 1 aliphatic heterocycles. The van der Waals surface area contributed by atoms with Crippen LogP contribution in [0.2, 0.25) is 0 Å². The summed E-state index contributed by atoms with van der Waals surface area (Å²) >= 11 is 0. The van der Waals surface area contributed by atoms with Gasteiger partial charge in [-0.15, -0.1) is 0 Å². The molecule has 2 atom stereocenters. The van der Waals surface area contributed by atoms with Crippen LogP contribution < -0.4 is 15.4 Å². The summed E-state index contributed by atoms with van der Waals surface area (Å²) in [6.07, 6.45) is 2.40. The van der Waals surface area contributed by atoms with Crippen LogP contribution in [0.4, 0.5) is 0 Å². The first-order chi connectivity index (χ1) is 13.8. The molecule has 0 spiro atoms. The fraction of sp³-hybridized carbons (Fsp3) is 0.435. The van der Waals surface area contributed by atoms with Gasteiger partial charge in [-0.2, -0.15) is 0 Å². The number of aliphatic imine (C=N–C) groups is 1. The minimum absolute atomic E-state index is 0.142. The summed E-state index contributed by atoms with van der Waals surface area (Å²) in [5, 5.41) is 6.86. The third kappa shape index (κ3) is 5.73. The zero-order chi connectivity index (χ0) is 19.6. The zero-order valence-corrected chi connectivity index (χ0v) is 16.9. The lowest BCUT2D eigenvalue weighted by molar-refractivity contribution is -0.0265. The van der Waals surface area contributed by atoms with Crippen LogP contribution in [0.15, 0.2) is 59.6 Å². The predicted octanol–water partition coefficient (Wildman–Crippen LogP) is 3.92. The molecule has 3 rings (SSSR count). The van der Waals surface area contributed by atoms with Gasteiger partial charge in [-0.25, -0.2) is 4.99 Å². The van der Waals surface area contributed by atoms with Gasteiger partial charge in [0, 0.05) is 25.6 Å². The number of nitrogens with zero attached hydrogens (tertiary/aromatic N) is 1. The molecule has 2 aromatic rings. The molecule has 1 saturated heterocycles. The van der Waals surface area contributed by atoms with Crippen molar-refractivity contribution in [2.45, 2.75) is 32.4 Å². The molecule has 5 nitrogen and oxygen atoms in total. The van der Waals surface area contributed by atoms with Crippen LogP contribution in [0.25, 0.3) is 0 Å². The molecule has 0 amide bonds. The van der Waals surface area contributed by atoms with Gasteiger partial charge in [-0.1, -0.05) is 42.5 Å². The van der Waals surface area contributed by atoms with E-state index in [0.29, 0.717) is 12.5 Å². The molecule has 1 heterocycles. The normalized spacial score (nSPS) is 19.9. The highest BCUT2D eigenvalue weighted by atomic mass is 16.5. The van der Waals surface area contributed by atoms with Crippen LogP contribution in [-0.2, 0) is 11.3 Å². The summed E-state index contributed by atoms with van der Waals surface area (Å²) in [6.45, 7) is 5.19. The first-order valence-corrected chi connectivity index (χ1v) is 10.1. The van der Waals surface area contributed by atoms with Gasteiger partial charge in [0.1, 0.15) is 5.75 Å². The lowest BCUT2D eigenvalue weighted by Crippen LogP contribution is -2.42. The van der Waals surface area contributed by atoms with Gasteiger partial charge in [-0.05, 0) is 43.0 Å². The van der Waals surface area contributed by atoms with Crippen molar-refractivity contribution in [3.05, 3.63) is 65.7 Å². The van der Waals surface area contributed by atoms with E-state index in [0.717, 1.165) is 49.8 Å². The summed E-state index contributed by atoms with van der Waals surface area (Å²) in [5.41, 5.74) is 2.38. The van der Waals surface area contributed by atoms with E-state index in [2.05, 4.69) is 47.9 Å². The summed E-state index contributed by atoms with van der Waals surface area (Å²) < 4.78 is 11.4. The molecule has 2 aromatic carbocycles. The molecule has 0 bridgehead atoms. The SMILES string of the molecule is CCNC(=NCc1cccc(OC)c1)NCC1CCCOC1c1ccccc1. The Labute approximate surface area is 168 Å². The highest BCUT2D eigenvalue weighted by molar-refractivity contribution is 5.79. The molecule has 2 N–H and O–H groups in total. The second-order valence-corrected chi connectivity index (χ2v) is 7.03. The molecule has 0 saturated carbocycles. The number of guanidine groups is 1. The molecular formula is C23H31N3O2. The molecule has 1 fully saturated rings. The summed E-state index contributed by atoms with van der Waals surface area (Å²) in [4.78, 5) is 4.74. The maximum atomic E-state index is 6.11. The lowest BCUT2D eigenvalue weighted by Gasteiger charge is -2.32. The van der Waals surface area contributed by atoms with Gasteiger partial charge in [0.25, 0.3) is 0 Å². The van der Waals surface area contributed by atoms with Crippen molar-refractivity contribution >= 4 is 5.96 Å². The Balaban J connectivity index is 1.62. The molecule has 28 heavy (non-hydrogen) atoms. The van der Waals surface area contributed by atoms with Crippen LogP contribution in [0.3, 0.4) is 0 Å². The van der Waals surface area contributed by atoms with Crippen molar-refractivity contribution < 1.29 is 9.47 Å². The monoisotopic (exact) mass is 381 g/mol. The van der Waals surface area contributed by atoms with E-state index < -0.39 is 0 Å². The molecule has 150 valence electrons. The number of methoxy groups -OCH3 is 1. The number of ether oxygens (including phenoxy) is 2. The van der Waals surface area contributed by atoms with Gasteiger partial charge in [0.15, 0.2) is 5.96 Å². The van der Waals surface area contributed by atoms with E-state index in [1.807, 2.05) is 24.3 Å². The van der Waals surface area contributed by atoms with E-state index in [4.69, 9.17) is 14.5 Å². The van der Waals surface area contributed by atoms with Crippen LogP contribution in [0.1, 0.15) is 37.0 Å². The average Bonchev–Trinajstić information content (AvgIpc) is 2.76. The van der Waals surface area contributed by atoms with E-state index >= 15 is 0 Å². The Hall–Kier alpha value is -2.53. The Bertz CT molecular complexity index is 749. The number of hydrogen-bond donors (Lipinski definition) is 2. The smallest absolute Gasteiger partial charge is 0.191 e. The van der Waals surface area contributed by atoms with Crippen molar-refractivity contribution in [3.63, 3.8) is 0 Å². The van der Waals surface area contributed by atoms with Crippen molar-refractivity contribution in [1.29, 1.82) is 0 Å². The van der Waals surface area contributed by atoms with Crippen molar-refractivity contribution in [2.24, 2.45) is 10.9 Å². The summed E-state index contributed by atoms with van der Waals surface area (Å²) in [5.74, 6) is 2.12. The van der Waals surface area contributed by atoms with Crippen molar-refractivity contribution in [1.82, 2.24) is 10.6 Å². The predicted molar refractivity (Wildman–Crippen MR) is 114 cm³/mol. The molecule has 2 unspecified atom stereocenters. The third-order valence-corrected chi connectivity index (χ3v) is 5.00. The maximum Gasteiger partial charge on any atom is 0.191 e. The van der Waals surface area contributed by atoms with E-state index in [1.54, 1.807) is 7.11 Å². The number of nitrogens with one attached hydrogen (secondary N) is 2. The third-order valence-electron chi connectivity index (χ3n) is 5.00. The molecular weight excluding hydrogens is 350 g/mol. The molecule has 0 radical (unpaired) electrons. The highest BCUT2D eigenvalue weighted by Gasteiger charge is 2.27. The quantitative estimate of drug-likeness (QED) is 0.564. The standard InChI is InChI=1S/C23H31N3O2/c1-3-24-23(25-16-18-9-7-13-21(15-18)27-2)26-17-20-12-8-14-28-22(20)19-10-5-4-6-11-19/h4-7,9-11,13,15,20,22H,3,8,12,14,16-17H2,1-2H3,(H2,24,25,26). The fourth-order valence-electron chi connectivity index (χ4n) is 3.57. The average molecular weight is 382 g/mol. The first-order valence-electron chi connectivity index (χ1n) is 10.1. The number of hydrogen-bond acceptors (Lipinski definition) is 3. The van der Waals surface area contributed by atoms with E-state index in [1.165, 1.54) is 5.56 Å². The van der Waals surface area contributed by atoms with Crippen molar-refractivity contribution in [3.8, 4) is 5.75 Å². The zero-order valence-electron chi connectivity index (χ0n) is 16.9. The minimum atomic E-state index is 0.142. The second kappa shape index (κ2) is 10.7. The number of benzene rings is 2.